The number of carbonyl (C=O) groups is 1. The van der Waals surface area contributed by atoms with Gasteiger partial charge in [-0.2, -0.15) is 0 Å². The first-order valence-corrected chi connectivity index (χ1v) is 6.50. The van der Waals surface area contributed by atoms with Crippen molar-refractivity contribution in [3.05, 3.63) is 39.9 Å². The lowest BCUT2D eigenvalue weighted by molar-refractivity contribution is -0.136. The lowest BCUT2D eigenvalue weighted by Crippen LogP contribution is -2.00. The van der Waals surface area contributed by atoms with Crippen molar-refractivity contribution in [3.8, 4) is 0 Å². The minimum Gasteiger partial charge on any atom is -0.481 e. The summed E-state index contributed by atoms with van der Waals surface area (Å²) in [6.07, 6.45) is -0.0696. The third-order valence-corrected chi connectivity index (χ3v) is 3.37. The maximum Gasteiger partial charge on any atom is 0.309 e. The first-order valence-electron chi connectivity index (χ1n) is 5.24. The van der Waals surface area contributed by atoms with Crippen LogP contribution in [0.4, 0.5) is 10.8 Å². The van der Waals surface area contributed by atoms with Crippen molar-refractivity contribution < 1.29 is 9.90 Å². The van der Waals surface area contributed by atoms with Crippen LogP contribution in [0.3, 0.4) is 0 Å². The van der Waals surface area contributed by atoms with E-state index >= 15 is 0 Å². The number of nitrogens with one attached hydrogen (secondary N) is 1. The molecule has 0 aliphatic heterocycles. The molecule has 1 aromatic heterocycles. The summed E-state index contributed by atoms with van der Waals surface area (Å²) in [6, 6.07) is 5.67. The number of aliphatic carboxylic acids is 1. The van der Waals surface area contributed by atoms with Crippen LogP contribution in [-0.2, 0) is 11.2 Å². The molecule has 0 bridgehead atoms. The zero-order chi connectivity index (χ0) is 13.1. The van der Waals surface area contributed by atoms with Gasteiger partial charge in [0.25, 0.3) is 0 Å². The van der Waals surface area contributed by atoms with Gasteiger partial charge in [-0.25, -0.2) is 4.98 Å². The standard InChI is InChI=1S/C12H11ClN2O2S/c1-7-2-3-10(9(13)4-7)15-12-14-8(6-18-12)5-11(16)17/h2-4,6H,5H2,1H3,(H,14,15)(H,16,17). The van der Waals surface area contributed by atoms with Gasteiger partial charge in [0, 0.05) is 5.38 Å². The molecule has 0 aliphatic rings. The average molecular weight is 283 g/mol. The van der Waals surface area contributed by atoms with Crippen molar-refractivity contribution in [2.45, 2.75) is 13.3 Å². The summed E-state index contributed by atoms with van der Waals surface area (Å²) < 4.78 is 0. The van der Waals surface area contributed by atoms with Crippen molar-refractivity contribution in [1.82, 2.24) is 4.98 Å². The van der Waals surface area contributed by atoms with Gasteiger partial charge in [-0.15, -0.1) is 11.3 Å². The van der Waals surface area contributed by atoms with E-state index in [2.05, 4.69) is 10.3 Å². The maximum absolute atomic E-state index is 10.6. The lowest BCUT2D eigenvalue weighted by atomic mass is 10.2. The predicted molar refractivity (Wildman–Crippen MR) is 72.9 cm³/mol. The summed E-state index contributed by atoms with van der Waals surface area (Å²) >= 11 is 7.45. The number of carboxylic acids is 1. The molecular formula is C12H11ClN2O2S. The quantitative estimate of drug-likeness (QED) is 0.901. The molecule has 4 nitrogen and oxygen atoms in total. The second kappa shape index (κ2) is 5.37. The number of carboxylic acid groups (broad SMARTS) is 1. The lowest BCUT2D eigenvalue weighted by Gasteiger charge is -2.05. The van der Waals surface area contributed by atoms with Crippen molar-refractivity contribution in [1.29, 1.82) is 0 Å². The number of benzene rings is 1. The van der Waals surface area contributed by atoms with Gasteiger partial charge in [-0.1, -0.05) is 17.7 Å². The Bertz CT molecular complexity index is 583. The van der Waals surface area contributed by atoms with Crippen molar-refractivity contribution in [2.24, 2.45) is 0 Å². The van der Waals surface area contributed by atoms with Gasteiger partial charge in [0.2, 0.25) is 0 Å². The fourth-order valence-corrected chi connectivity index (χ4v) is 2.44. The molecule has 2 N–H and O–H groups in total. The number of aromatic nitrogens is 1. The van der Waals surface area contributed by atoms with Crippen LogP contribution in [0.2, 0.25) is 5.02 Å². The first-order chi connectivity index (χ1) is 8.54. The SMILES string of the molecule is Cc1ccc(Nc2nc(CC(=O)O)cs2)c(Cl)c1. The fraction of sp³-hybridized carbons (Fsp3) is 0.167. The number of anilines is 2. The van der Waals surface area contributed by atoms with E-state index in [1.165, 1.54) is 11.3 Å². The van der Waals surface area contributed by atoms with E-state index in [1.807, 2.05) is 25.1 Å². The van der Waals surface area contributed by atoms with Gasteiger partial charge in [0.1, 0.15) is 0 Å². The predicted octanol–water partition coefficient (Wildman–Crippen LogP) is 3.48. The smallest absolute Gasteiger partial charge is 0.309 e. The summed E-state index contributed by atoms with van der Waals surface area (Å²) in [4.78, 5) is 14.7. The highest BCUT2D eigenvalue weighted by Gasteiger charge is 2.07. The molecule has 1 aromatic carbocycles. The number of halogens is 1. The third-order valence-electron chi connectivity index (χ3n) is 2.25. The molecule has 0 aliphatic carbocycles. The molecule has 0 radical (unpaired) electrons. The maximum atomic E-state index is 10.6. The Hall–Kier alpha value is -1.59. The Balaban J connectivity index is 2.13. The number of hydrogen-bond acceptors (Lipinski definition) is 4. The highest BCUT2D eigenvalue weighted by Crippen LogP contribution is 2.27. The third kappa shape index (κ3) is 3.21. The largest absolute Gasteiger partial charge is 0.481 e. The van der Waals surface area contributed by atoms with Gasteiger partial charge in [-0.3, -0.25) is 4.79 Å². The Morgan fingerprint density at radius 3 is 3.00 bits per heavy atom. The second-order valence-electron chi connectivity index (χ2n) is 3.82. The molecule has 18 heavy (non-hydrogen) atoms. The van der Waals surface area contributed by atoms with E-state index in [4.69, 9.17) is 16.7 Å². The van der Waals surface area contributed by atoms with Crippen LogP contribution < -0.4 is 5.32 Å². The monoisotopic (exact) mass is 282 g/mol. The molecule has 0 saturated carbocycles. The first kappa shape index (κ1) is 12.9. The van der Waals surface area contributed by atoms with Gasteiger partial charge in [0.05, 0.1) is 22.8 Å². The van der Waals surface area contributed by atoms with Crippen molar-refractivity contribution in [2.75, 3.05) is 5.32 Å². The van der Waals surface area contributed by atoms with Gasteiger partial charge < -0.3 is 10.4 Å². The van der Waals surface area contributed by atoms with Crippen LogP contribution in [0.1, 0.15) is 11.3 Å². The van der Waals surface area contributed by atoms with Crippen LogP contribution in [0, 0.1) is 6.92 Å². The molecule has 94 valence electrons. The van der Waals surface area contributed by atoms with Gasteiger partial charge >= 0.3 is 5.97 Å². The second-order valence-corrected chi connectivity index (χ2v) is 5.09. The molecular weight excluding hydrogens is 272 g/mol. The highest BCUT2D eigenvalue weighted by atomic mass is 35.5. The van der Waals surface area contributed by atoms with Crippen molar-refractivity contribution >= 4 is 39.7 Å². The molecule has 0 spiro atoms. The summed E-state index contributed by atoms with van der Waals surface area (Å²) in [6.45, 7) is 1.96. The molecule has 6 heteroatoms. The van der Waals surface area contributed by atoms with Gasteiger partial charge in [-0.05, 0) is 24.6 Å². The Morgan fingerprint density at radius 1 is 1.56 bits per heavy atom. The van der Waals surface area contributed by atoms with Crippen LogP contribution >= 0.6 is 22.9 Å². The topological polar surface area (TPSA) is 62.2 Å². The molecule has 0 amide bonds. The summed E-state index contributed by atoms with van der Waals surface area (Å²) in [5.74, 6) is -0.889. The van der Waals surface area contributed by atoms with Crippen LogP contribution in [0.25, 0.3) is 0 Å². The minimum atomic E-state index is -0.889. The molecule has 2 rings (SSSR count). The van der Waals surface area contributed by atoms with Crippen molar-refractivity contribution in [3.63, 3.8) is 0 Å². The summed E-state index contributed by atoms with van der Waals surface area (Å²) in [5.41, 5.74) is 2.38. The average Bonchev–Trinajstić information content (AvgIpc) is 2.69. The zero-order valence-electron chi connectivity index (χ0n) is 9.61. The molecule has 0 fully saturated rings. The number of aryl methyl sites for hydroxylation is 1. The minimum absolute atomic E-state index is 0.0696. The molecule has 0 saturated heterocycles. The van der Waals surface area contributed by atoms with Crippen LogP contribution in [-0.4, -0.2) is 16.1 Å². The van der Waals surface area contributed by atoms with E-state index in [9.17, 15) is 4.79 Å². The normalized spacial score (nSPS) is 10.3. The van der Waals surface area contributed by atoms with Gasteiger partial charge in [0.15, 0.2) is 5.13 Å². The molecule has 0 atom stereocenters. The Kier molecular flexibility index (Phi) is 3.84. The number of hydrogen-bond donors (Lipinski definition) is 2. The molecule has 1 heterocycles. The fourth-order valence-electron chi connectivity index (χ4n) is 1.44. The molecule has 0 unspecified atom stereocenters. The highest BCUT2D eigenvalue weighted by molar-refractivity contribution is 7.13. The van der Waals surface area contributed by atoms with E-state index in [-0.39, 0.29) is 6.42 Å². The van der Waals surface area contributed by atoms with E-state index in [0.717, 1.165) is 11.3 Å². The van der Waals surface area contributed by atoms with E-state index in [0.29, 0.717) is 15.8 Å². The van der Waals surface area contributed by atoms with E-state index in [1.54, 1.807) is 5.38 Å². The number of thiazole rings is 1. The number of nitrogens with zero attached hydrogens (tertiary/aromatic N) is 1. The Labute approximate surface area is 113 Å². The van der Waals surface area contributed by atoms with Crippen LogP contribution in [0.15, 0.2) is 23.6 Å². The molecule has 2 aromatic rings. The number of rotatable bonds is 4. The summed E-state index contributed by atoms with van der Waals surface area (Å²) in [7, 11) is 0. The summed E-state index contributed by atoms with van der Waals surface area (Å²) in [5, 5.41) is 14.7. The van der Waals surface area contributed by atoms with E-state index < -0.39 is 5.97 Å². The van der Waals surface area contributed by atoms with Crippen LogP contribution in [0.5, 0.6) is 0 Å². The zero-order valence-corrected chi connectivity index (χ0v) is 11.2. The Morgan fingerprint density at radius 2 is 2.33 bits per heavy atom.